The van der Waals surface area contributed by atoms with Gasteiger partial charge in [0.2, 0.25) is 0 Å². The summed E-state index contributed by atoms with van der Waals surface area (Å²) < 4.78 is 0. The Labute approximate surface area is 86.8 Å². The van der Waals surface area contributed by atoms with Crippen molar-refractivity contribution in [2.24, 2.45) is 11.7 Å². The number of hydrogen-bond acceptors (Lipinski definition) is 2. The molecule has 0 radical (unpaired) electrons. The van der Waals surface area contributed by atoms with E-state index in [1.807, 2.05) is 0 Å². The van der Waals surface area contributed by atoms with E-state index in [-0.39, 0.29) is 0 Å². The number of thioether (sulfide) groups is 1. The van der Waals surface area contributed by atoms with Crippen LogP contribution in [-0.2, 0) is 0 Å². The molecule has 13 heavy (non-hydrogen) atoms. The van der Waals surface area contributed by atoms with E-state index in [0.29, 0.717) is 6.04 Å². The molecule has 1 fully saturated rings. The van der Waals surface area contributed by atoms with E-state index < -0.39 is 0 Å². The molecule has 0 aliphatic heterocycles. The average Bonchev–Trinajstić information content (AvgIpc) is 2.16. The summed E-state index contributed by atoms with van der Waals surface area (Å²) in [6.07, 6.45) is 6.51. The molecule has 1 nitrogen and oxygen atoms in total. The Hall–Kier alpha value is 0.310. The number of nitrogens with two attached hydrogens (primary N) is 1. The molecule has 0 spiro atoms. The van der Waals surface area contributed by atoms with Crippen LogP contribution in [0, 0.1) is 5.92 Å². The van der Waals surface area contributed by atoms with Gasteiger partial charge in [0.05, 0.1) is 0 Å². The molecule has 0 saturated heterocycles. The highest BCUT2D eigenvalue weighted by Crippen LogP contribution is 2.29. The van der Waals surface area contributed by atoms with Gasteiger partial charge in [-0.1, -0.05) is 20.3 Å². The maximum atomic E-state index is 5.87. The molecule has 0 heterocycles. The van der Waals surface area contributed by atoms with Crippen LogP contribution in [0.15, 0.2) is 0 Å². The maximum absolute atomic E-state index is 5.87. The molecular weight excluding hydrogens is 178 g/mol. The molecule has 0 bridgehead atoms. The summed E-state index contributed by atoms with van der Waals surface area (Å²) in [6, 6.07) is 0.500. The Morgan fingerprint density at radius 3 is 2.46 bits per heavy atom. The van der Waals surface area contributed by atoms with E-state index >= 15 is 0 Å². The third kappa shape index (κ3) is 4.37. The first kappa shape index (κ1) is 11.4. The van der Waals surface area contributed by atoms with Gasteiger partial charge in [0.25, 0.3) is 0 Å². The molecule has 78 valence electrons. The van der Waals surface area contributed by atoms with Crippen LogP contribution in [0.5, 0.6) is 0 Å². The van der Waals surface area contributed by atoms with Crippen LogP contribution >= 0.6 is 11.8 Å². The van der Waals surface area contributed by atoms with Gasteiger partial charge in [0.1, 0.15) is 0 Å². The lowest BCUT2D eigenvalue weighted by molar-refractivity contribution is 0.450. The minimum atomic E-state index is 0.500. The summed E-state index contributed by atoms with van der Waals surface area (Å²) in [5.74, 6) is 2.23. The minimum absolute atomic E-state index is 0.500. The van der Waals surface area contributed by atoms with Crippen molar-refractivity contribution in [2.75, 3.05) is 5.75 Å². The summed E-state index contributed by atoms with van der Waals surface area (Å²) in [7, 11) is 0. The Balaban J connectivity index is 2.08. The van der Waals surface area contributed by atoms with Gasteiger partial charge in [-0.05, 0) is 37.4 Å². The second-order valence-electron chi connectivity index (χ2n) is 4.38. The topological polar surface area (TPSA) is 26.0 Å². The second kappa shape index (κ2) is 5.92. The van der Waals surface area contributed by atoms with Crippen LogP contribution in [0.4, 0.5) is 0 Å². The van der Waals surface area contributed by atoms with Crippen LogP contribution in [0.25, 0.3) is 0 Å². The van der Waals surface area contributed by atoms with Gasteiger partial charge in [0, 0.05) is 11.3 Å². The maximum Gasteiger partial charge on any atom is 0.00483 e. The fourth-order valence-corrected chi connectivity index (χ4v) is 3.12. The molecule has 1 rings (SSSR count). The summed E-state index contributed by atoms with van der Waals surface area (Å²) in [5, 5.41) is 0.911. The molecule has 0 aromatic heterocycles. The first-order chi connectivity index (χ1) is 6.22. The van der Waals surface area contributed by atoms with E-state index in [0.717, 1.165) is 11.2 Å². The SMILES string of the molecule is CCC(C)CSC1CCC(N)CC1. The van der Waals surface area contributed by atoms with Crippen LogP contribution in [0.1, 0.15) is 46.0 Å². The monoisotopic (exact) mass is 201 g/mol. The molecule has 1 saturated carbocycles. The predicted octanol–water partition coefficient (Wildman–Crippen LogP) is 3.04. The van der Waals surface area contributed by atoms with E-state index in [1.165, 1.54) is 37.9 Å². The van der Waals surface area contributed by atoms with Crippen LogP contribution < -0.4 is 5.73 Å². The van der Waals surface area contributed by atoms with Gasteiger partial charge < -0.3 is 5.73 Å². The lowest BCUT2D eigenvalue weighted by Gasteiger charge is -2.26. The van der Waals surface area contributed by atoms with Gasteiger partial charge in [-0.3, -0.25) is 0 Å². The fourth-order valence-electron chi connectivity index (χ4n) is 1.67. The zero-order chi connectivity index (χ0) is 9.68. The van der Waals surface area contributed by atoms with Crippen molar-refractivity contribution in [2.45, 2.75) is 57.2 Å². The van der Waals surface area contributed by atoms with Gasteiger partial charge in [-0.25, -0.2) is 0 Å². The molecule has 1 unspecified atom stereocenters. The second-order valence-corrected chi connectivity index (χ2v) is 5.72. The van der Waals surface area contributed by atoms with Crippen molar-refractivity contribution in [1.82, 2.24) is 0 Å². The van der Waals surface area contributed by atoms with Crippen molar-refractivity contribution >= 4 is 11.8 Å². The summed E-state index contributed by atoms with van der Waals surface area (Å²) in [6.45, 7) is 4.63. The highest BCUT2D eigenvalue weighted by molar-refractivity contribution is 7.99. The molecule has 1 aliphatic rings. The molecule has 0 aromatic rings. The lowest BCUT2D eigenvalue weighted by atomic mass is 9.96. The van der Waals surface area contributed by atoms with E-state index in [1.54, 1.807) is 0 Å². The Kier molecular flexibility index (Phi) is 5.18. The van der Waals surface area contributed by atoms with Crippen molar-refractivity contribution in [3.8, 4) is 0 Å². The smallest absolute Gasteiger partial charge is 0.00483 e. The summed E-state index contributed by atoms with van der Waals surface area (Å²) in [4.78, 5) is 0. The highest BCUT2D eigenvalue weighted by Gasteiger charge is 2.18. The van der Waals surface area contributed by atoms with Crippen molar-refractivity contribution < 1.29 is 0 Å². The van der Waals surface area contributed by atoms with E-state index in [9.17, 15) is 0 Å². The van der Waals surface area contributed by atoms with Gasteiger partial charge >= 0.3 is 0 Å². The molecule has 0 aromatic carbocycles. The van der Waals surface area contributed by atoms with Gasteiger partial charge in [-0.15, -0.1) is 0 Å². The zero-order valence-electron chi connectivity index (χ0n) is 8.96. The highest BCUT2D eigenvalue weighted by atomic mass is 32.2. The predicted molar refractivity (Wildman–Crippen MR) is 62.1 cm³/mol. The number of rotatable bonds is 4. The number of hydrogen-bond donors (Lipinski definition) is 1. The Morgan fingerprint density at radius 2 is 1.92 bits per heavy atom. The Morgan fingerprint density at radius 1 is 1.31 bits per heavy atom. The Bertz CT molecular complexity index is 130. The van der Waals surface area contributed by atoms with Crippen LogP contribution in [0.2, 0.25) is 0 Å². The molecular formula is C11H23NS. The molecule has 2 heteroatoms. The zero-order valence-corrected chi connectivity index (χ0v) is 9.78. The quantitative estimate of drug-likeness (QED) is 0.756. The molecule has 0 amide bonds. The van der Waals surface area contributed by atoms with E-state index in [4.69, 9.17) is 5.73 Å². The first-order valence-corrected chi connectivity index (χ1v) is 6.64. The fraction of sp³-hybridized carbons (Fsp3) is 1.00. The first-order valence-electron chi connectivity index (χ1n) is 5.59. The lowest BCUT2D eigenvalue weighted by Crippen LogP contribution is -2.27. The standard InChI is InChI=1S/C11H23NS/c1-3-9(2)8-13-11-6-4-10(12)5-7-11/h9-11H,3-8,12H2,1-2H3. The van der Waals surface area contributed by atoms with Gasteiger partial charge in [-0.2, -0.15) is 11.8 Å². The van der Waals surface area contributed by atoms with E-state index in [2.05, 4.69) is 25.6 Å². The van der Waals surface area contributed by atoms with Crippen LogP contribution in [-0.4, -0.2) is 17.0 Å². The molecule has 1 atom stereocenters. The summed E-state index contributed by atoms with van der Waals surface area (Å²) in [5.41, 5.74) is 5.87. The third-order valence-corrected chi connectivity index (χ3v) is 4.74. The third-order valence-electron chi connectivity index (χ3n) is 3.03. The van der Waals surface area contributed by atoms with Crippen LogP contribution in [0.3, 0.4) is 0 Å². The van der Waals surface area contributed by atoms with Crippen molar-refractivity contribution in [1.29, 1.82) is 0 Å². The molecule has 1 aliphatic carbocycles. The average molecular weight is 201 g/mol. The van der Waals surface area contributed by atoms with Gasteiger partial charge in [0.15, 0.2) is 0 Å². The van der Waals surface area contributed by atoms with Crippen molar-refractivity contribution in [3.63, 3.8) is 0 Å². The summed E-state index contributed by atoms with van der Waals surface area (Å²) >= 11 is 2.18. The largest absolute Gasteiger partial charge is 0.328 e. The minimum Gasteiger partial charge on any atom is -0.328 e. The molecule has 2 N–H and O–H groups in total. The van der Waals surface area contributed by atoms with Crippen molar-refractivity contribution in [3.05, 3.63) is 0 Å². The normalized spacial score (nSPS) is 31.6.